The highest BCUT2D eigenvalue weighted by Crippen LogP contribution is 2.32. The van der Waals surface area contributed by atoms with Gasteiger partial charge in [-0.3, -0.25) is 4.79 Å². The van der Waals surface area contributed by atoms with Gasteiger partial charge in [0.15, 0.2) is 0 Å². The minimum Gasteiger partial charge on any atom is -0.330 e. The SMILES string of the molecule is NCC1CCCC1C(=O)Nc1ccc(Cl)c(Br)c1. The first-order valence-electron chi connectivity index (χ1n) is 6.08. The van der Waals surface area contributed by atoms with Crippen LogP contribution in [0.15, 0.2) is 22.7 Å². The van der Waals surface area contributed by atoms with Crippen LogP contribution in [-0.4, -0.2) is 12.5 Å². The lowest BCUT2D eigenvalue weighted by Gasteiger charge is -2.17. The summed E-state index contributed by atoms with van der Waals surface area (Å²) in [5.74, 6) is 0.433. The monoisotopic (exact) mass is 330 g/mol. The minimum absolute atomic E-state index is 0.0458. The summed E-state index contributed by atoms with van der Waals surface area (Å²) in [6.45, 7) is 0.586. The van der Waals surface area contributed by atoms with Crippen LogP contribution in [0.1, 0.15) is 19.3 Å². The second-order valence-electron chi connectivity index (χ2n) is 4.65. The molecule has 5 heteroatoms. The van der Waals surface area contributed by atoms with Crippen molar-refractivity contribution in [1.29, 1.82) is 0 Å². The molecule has 0 spiro atoms. The summed E-state index contributed by atoms with van der Waals surface area (Å²) in [4.78, 5) is 12.2. The molecule has 3 nitrogen and oxygen atoms in total. The second kappa shape index (κ2) is 6.04. The van der Waals surface area contributed by atoms with E-state index in [1.807, 2.05) is 6.07 Å². The van der Waals surface area contributed by atoms with Crippen LogP contribution in [0.2, 0.25) is 5.02 Å². The van der Waals surface area contributed by atoms with Crippen LogP contribution in [0, 0.1) is 11.8 Å². The Morgan fingerprint density at radius 2 is 2.28 bits per heavy atom. The average Bonchev–Trinajstić information content (AvgIpc) is 2.82. The summed E-state index contributed by atoms with van der Waals surface area (Å²) in [6.07, 6.45) is 3.08. The van der Waals surface area contributed by atoms with Gasteiger partial charge < -0.3 is 11.1 Å². The molecule has 1 aliphatic carbocycles. The fourth-order valence-corrected chi connectivity index (χ4v) is 2.97. The first kappa shape index (κ1) is 13.8. The standard InChI is InChI=1S/C13H16BrClN2O/c14-11-6-9(4-5-12(11)15)17-13(18)10-3-1-2-8(10)7-16/h4-6,8,10H,1-3,7,16H2,(H,17,18). The van der Waals surface area contributed by atoms with E-state index in [1.165, 1.54) is 0 Å². The molecule has 0 heterocycles. The number of benzene rings is 1. The number of rotatable bonds is 3. The van der Waals surface area contributed by atoms with Crippen LogP contribution in [0.25, 0.3) is 0 Å². The van der Waals surface area contributed by atoms with E-state index in [4.69, 9.17) is 17.3 Å². The number of carbonyl (C=O) groups is 1. The quantitative estimate of drug-likeness (QED) is 0.891. The summed E-state index contributed by atoms with van der Waals surface area (Å²) >= 11 is 9.26. The van der Waals surface area contributed by atoms with Crippen molar-refractivity contribution in [2.24, 2.45) is 17.6 Å². The topological polar surface area (TPSA) is 55.1 Å². The van der Waals surface area contributed by atoms with Crippen molar-refractivity contribution < 1.29 is 4.79 Å². The van der Waals surface area contributed by atoms with E-state index in [1.54, 1.807) is 12.1 Å². The van der Waals surface area contributed by atoms with Crippen molar-refractivity contribution in [1.82, 2.24) is 0 Å². The summed E-state index contributed by atoms with van der Waals surface area (Å²) in [5.41, 5.74) is 6.46. The van der Waals surface area contributed by atoms with E-state index < -0.39 is 0 Å². The van der Waals surface area contributed by atoms with Crippen molar-refractivity contribution in [3.63, 3.8) is 0 Å². The average molecular weight is 332 g/mol. The minimum atomic E-state index is 0.0458. The van der Waals surface area contributed by atoms with E-state index in [0.717, 1.165) is 29.4 Å². The number of anilines is 1. The van der Waals surface area contributed by atoms with Crippen molar-refractivity contribution in [2.45, 2.75) is 19.3 Å². The van der Waals surface area contributed by atoms with Crippen LogP contribution in [0.5, 0.6) is 0 Å². The second-order valence-corrected chi connectivity index (χ2v) is 5.91. The van der Waals surface area contributed by atoms with E-state index in [-0.39, 0.29) is 11.8 Å². The van der Waals surface area contributed by atoms with Crippen molar-refractivity contribution in [3.05, 3.63) is 27.7 Å². The van der Waals surface area contributed by atoms with Gasteiger partial charge in [-0.15, -0.1) is 0 Å². The predicted molar refractivity (Wildman–Crippen MR) is 77.7 cm³/mol. The van der Waals surface area contributed by atoms with Crippen LogP contribution in [-0.2, 0) is 4.79 Å². The summed E-state index contributed by atoms with van der Waals surface area (Å²) in [6, 6.07) is 5.38. The van der Waals surface area contributed by atoms with Gasteiger partial charge in [-0.05, 0) is 59.4 Å². The van der Waals surface area contributed by atoms with E-state index in [0.29, 0.717) is 17.5 Å². The molecule has 1 fully saturated rings. The van der Waals surface area contributed by atoms with Crippen LogP contribution in [0.3, 0.4) is 0 Å². The Bertz CT molecular complexity index is 453. The third-order valence-corrected chi connectivity index (χ3v) is 4.70. The molecule has 2 rings (SSSR count). The fraction of sp³-hybridized carbons (Fsp3) is 0.462. The molecule has 3 N–H and O–H groups in total. The third kappa shape index (κ3) is 3.05. The van der Waals surface area contributed by atoms with Crippen LogP contribution in [0.4, 0.5) is 5.69 Å². The molecular formula is C13H16BrClN2O. The third-order valence-electron chi connectivity index (χ3n) is 3.49. The van der Waals surface area contributed by atoms with Crippen LogP contribution < -0.4 is 11.1 Å². The Kier molecular flexibility index (Phi) is 4.65. The zero-order chi connectivity index (χ0) is 13.1. The van der Waals surface area contributed by atoms with Gasteiger partial charge >= 0.3 is 0 Å². The molecule has 0 radical (unpaired) electrons. The highest BCUT2D eigenvalue weighted by Gasteiger charge is 2.31. The Morgan fingerprint density at radius 1 is 1.50 bits per heavy atom. The maximum absolute atomic E-state index is 12.2. The summed E-state index contributed by atoms with van der Waals surface area (Å²) in [7, 11) is 0. The first-order chi connectivity index (χ1) is 8.61. The van der Waals surface area contributed by atoms with Gasteiger partial charge in [-0.1, -0.05) is 18.0 Å². The van der Waals surface area contributed by atoms with E-state index >= 15 is 0 Å². The van der Waals surface area contributed by atoms with Gasteiger partial charge in [0, 0.05) is 16.1 Å². The highest BCUT2D eigenvalue weighted by molar-refractivity contribution is 9.10. The largest absolute Gasteiger partial charge is 0.330 e. The number of halogens is 2. The Balaban J connectivity index is 2.04. The number of carbonyl (C=O) groups excluding carboxylic acids is 1. The van der Waals surface area contributed by atoms with Gasteiger partial charge in [0.1, 0.15) is 0 Å². The Morgan fingerprint density at radius 3 is 2.94 bits per heavy atom. The molecule has 2 unspecified atom stereocenters. The lowest BCUT2D eigenvalue weighted by atomic mass is 9.95. The zero-order valence-corrected chi connectivity index (χ0v) is 12.3. The molecule has 0 bridgehead atoms. The predicted octanol–water partition coefficient (Wildman–Crippen LogP) is 3.42. The number of hydrogen-bond donors (Lipinski definition) is 2. The Hall–Kier alpha value is -0.580. The molecule has 1 aliphatic rings. The number of hydrogen-bond acceptors (Lipinski definition) is 2. The number of nitrogens with one attached hydrogen (secondary N) is 1. The Labute approximate surface area is 120 Å². The number of nitrogens with two attached hydrogens (primary N) is 1. The maximum atomic E-state index is 12.2. The van der Waals surface area contributed by atoms with Gasteiger partial charge in [-0.25, -0.2) is 0 Å². The lowest BCUT2D eigenvalue weighted by Crippen LogP contribution is -2.29. The molecule has 0 saturated heterocycles. The molecule has 1 aromatic rings. The van der Waals surface area contributed by atoms with E-state index in [9.17, 15) is 4.79 Å². The first-order valence-corrected chi connectivity index (χ1v) is 7.25. The van der Waals surface area contributed by atoms with Gasteiger partial charge in [0.05, 0.1) is 5.02 Å². The van der Waals surface area contributed by atoms with Crippen molar-refractivity contribution >= 4 is 39.1 Å². The lowest BCUT2D eigenvalue weighted by molar-refractivity contribution is -0.120. The molecule has 18 heavy (non-hydrogen) atoms. The maximum Gasteiger partial charge on any atom is 0.227 e. The molecular weight excluding hydrogens is 316 g/mol. The van der Waals surface area contributed by atoms with Gasteiger partial charge in [-0.2, -0.15) is 0 Å². The van der Waals surface area contributed by atoms with Crippen molar-refractivity contribution in [3.8, 4) is 0 Å². The molecule has 98 valence electrons. The molecule has 1 amide bonds. The van der Waals surface area contributed by atoms with E-state index in [2.05, 4.69) is 21.2 Å². The fourth-order valence-electron chi connectivity index (χ4n) is 2.47. The molecule has 1 saturated carbocycles. The molecule has 0 aromatic heterocycles. The molecule has 2 atom stereocenters. The summed E-state index contributed by atoms with van der Waals surface area (Å²) in [5, 5.41) is 3.57. The molecule has 0 aliphatic heterocycles. The van der Waals surface area contributed by atoms with Crippen LogP contribution >= 0.6 is 27.5 Å². The van der Waals surface area contributed by atoms with Gasteiger partial charge in [0.25, 0.3) is 0 Å². The number of amides is 1. The molecule has 1 aromatic carbocycles. The zero-order valence-electron chi connectivity index (χ0n) is 9.96. The normalized spacial score (nSPS) is 23.1. The highest BCUT2D eigenvalue weighted by atomic mass is 79.9. The van der Waals surface area contributed by atoms with Crippen molar-refractivity contribution in [2.75, 3.05) is 11.9 Å². The van der Waals surface area contributed by atoms with Gasteiger partial charge in [0.2, 0.25) is 5.91 Å². The summed E-state index contributed by atoms with van der Waals surface area (Å²) < 4.78 is 0.781. The smallest absolute Gasteiger partial charge is 0.227 e.